The Kier molecular flexibility index (Phi) is 2.87. The van der Waals surface area contributed by atoms with Crippen LogP contribution < -0.4 is 5.32 Å². The zero-order valence-electron chi connectivity index (χ0n) is 8.70. The fourth-order valence-electron chi connectivity index (χ4n) is 1.35. The summed E-state index contributed by atoms with van der Waals surface area (Å²) in [6.07, 6.45) is 8.05. The van der Waals surface area contributed by atoms with Crippen LogP contribution in [-0.4, -0.2) is 0 Å². The van der Waals surface area contributed by atoms with Crippen LogP contribution in [0, 0.1) is 0 Å². The van der Waals surface area contributed by atoms with Crippen molar-refractivity contribution < 1.29 is 0 Å². The molecule has 0 radical (unpaired) electrons. The molecule has 0 aromatic heterocycles. The van der Waals surface area contributed by atoms with E-state index in [1.54, 1.807) is 0 Å². The van der Waals surface area contributed by atoms with Gasteiger partial charge in [-0.25, -0.2) is 0 Å². The average Bonchev–Trinajstić information content (AvgIpc) is 2.46. The van der Waals surface area contributed by atoms with Crippen molar-refractivity contribution >= 4 is 5.69 Å². The summed E-state index contributed by atoms with van der Waals surface area (Å²) in [5, 5.41) is 3.33. The van der Waals surface area contributed by atoms with Crippen LogP contribution in [0.25, 0.3) is 0 Å². The van der Waals surface area contributed by atoms with Gasteiger partial charge < -0.3 is 5.32 Å². The van der Waals surface area contributed by atoms with Gasteiger partial charge in [-0.05, 0) is 48.9 Å². The third-order valence-corrected chi connectivity index (χ3v) is 2.15. The Morgan fingerprint density at radius 1 is 1.07 bits per heavy atom. The predicted molar refractivity (Wildman–Crippen MR) is 64.6 cm³/mol. The molecule has 0 aliphatic heterocycles. The van der Waals surface area contributed by atoms with Crippen molar-refractivity contribution in [1.29, 1.82) is 0 Å². The van der Waals surface area contributed by atoms with E-state index in [2.05, 4.69) is 17.1 Å². The Morgan fingerprint density at radius 3 is 2.67 bits per heavy atom. The third-order valence-electron chi connectivity index (χ3n) is 2.15. The number of para-hydroxylation sites is 1. The van der Waals surface area contributed by atoms with Crippen LogP contribution in [0.2, 0.25) is 0 Å². The van der Waals surface area contributed by atoms with Gasteiger partial charge >= 0.3 is 0 Å². The van der Waals surface area contributed by atoms with Crippen LogP contribution in [-0.2, 0) is 0 Å². The SMILES string of the molecule is CC1=C=CC=C(Nc2ccccc2)C=C1. The molecule has 0 heterocycles. The van der Waals surface area contributed by atoms with E-state index in [-0.39, 0.29) is 0 Å². The van der Waals surface area contributed by atoms with E-state index in [1.807, 2.05) is 55.5 Å². The number of nitrogens with one attached hydrogen (secondary N) is 1. The van der Waals surface area contributed by atoms with E-state index < -0.39 is 0 Å². The molecule has 0 bridgehead atoms. The van der Waals surface area contributed by atoms with E-state index in [9.17, 15) is 0 Å². The molecule has 0 saturated heterocycles. The molecule has 0 saturated carbocycles. The number of hydrogen-bond acceptors (Lipinski definition) is 1. The smallest absolute Gasteiger partial charge is 0.0390 e. The highest BCUT2D eigenvalue weighted by Crippen LogP contribution is 2.11. The zero-order chi connectivity index (χ0) is 10.5. The normalized spacial score (nSPS) is 14.2. The highest BCUT2D eigenvalue weighted by Gasteiger charge is 1.94. The molecule has 1 heteroatoms. The van der Waals surface area contributed by atoms with Gasteiger partial charge in [0.05, 0.1) is 0 Å². The third kappa shape index (κ3) is 2.73. The quantitative estimate of drug-likeness (QED) is 0.710. The molecule has 1 aromatic rings. The molecular formula is C14H13N. The van der Waals surface area contributed by atoms with Gasteiger partial charge in [0.2, 0.25) is 0 Å². The van der Waals surface area contributed by atoms with E-state index >= 15 is 0 Å². The van der Waals surface area contributed by atoms with Crippen molar-refractivity contribution in [3.8, 4) is 0 Å². The fourth-order valence-corrected chi connectivity index (χ4v) is 1.35. The Bertz CT molecular complexity index is 457. The summed E-state index contributed by atoms with van der Waals surface area (Å²) in [4.78, 5) is 0. The van der Waals surface area contributed by atoms with Crippen LogP contribution in [0.15, 0.2) is 71.6 Å². The minimum absolute atomic E-state index is 1.07. The zero-order valence-corrected chi connectivity index (χ0v) is 8.70. The summed E-state index contributed by atoms with van der Waals surface area (Å²) >= 11 is 0. The Labute approximate surface area is 90.1 Å². The van der Waals surface area contributed by atoms with E-state index in [1.165, 1.54) is 0 Å². The van der Waals surface area contributed by atoms with Crippen LogP contribution in [0.3, 0.4) is 0 Å². The Hall–Kier alpha value is -1.98. The first-order chi connectivity index (χ1) is 7.34. The molecule has 74 valence electrons. The molecule has 0 unspecified atom stereocenters. The average molecular weight is 195 g/mol. The van der Waals surface area contributed by atoms with Crippen LogP contribution in [0.1, 0.15) is 6.92 Å². The minimum Gasteiger partial charge on any atom is -0.356 e. The van der Waals surface area contributed by atoms with Crippen LogP contribution in [0.5, 0.6) is 0 Å². The van der Waals surface area contributed by atoms with Gasteiger partial charge in [-0.3, -0.25) is 0 Å². The van der Waals surface area contributed by atoms with Crippen molar-refractivity contribution in [3.05, 3.63) is 71.6 Å². The van der Waals surface area contributed by atoms with Crippen molar-refractivity contribution in [2.75, 3.05) is 5.32 Å². The molecule has 1 aliphatic carbocycles. The Morgan fingerprint density at radius 2 is 1.87 bits per heavy atom. The number of rotatable bonds is 2. The molecule has 2 rings (SSSR count). The fraction of sp³-hybridized carbons (Fsp3) is 0.0714. The lowest BCUT2D eigenvalue weighted by Crippen LogP contribution is -1.95. The van der Waals surface area contributed by atoms with E-state index in [0.29, 0.717) is 0 Å². The molecule has 1 N–H and O–H groups in total. The van der Waals surface area contributed by atoms with E-state index in [4.69, 9.17) is 0 Å². The van der Waals surface area contributed by atoms with Crippen molar-refractivity contribution in [2.24, 2.45) is 0 Å². The molecule has 1 nitrogen and oxygen atoms in total. The molecular weight excluding hydrogens is 182 g/mol. The lowest BCUT2D eigenvalue weighted by Gasteiger charge is -2.05. The van der Waals surface area contributed by atoms with Gasteiger partial charge in [0.1, 0.15) is 0 Å². The molecule has 0 fully saturated rings. The largest absolute Gasteiger partial charge is 0.356 e. The van der Waals surface area contributed by atoms with Gasteiger partial charge in [0, 0.05) is 11.4 Å². The minimum atomic E-state index is 1.07. The predicted octanol–water partition coefficient (Wildman–Crippen LogP) is 3.65. The summed E-state index contributed by atoms with van der Waals surface area (Å²) < 4.78 is 0. The maximum absolute atomic E-state index is 3.33. The highest BCUT2D eigenvalue weighted by atomic mass is 14.9. The first-order valence-electron chi connectivity index (χ1n) is 4.98. The topological polar surface area (TPSA) is 12.0 Å². The molecule has 15 heavy (non-hydrogen) atoms. The molecule has 1 aliphatic rings. The highest BCUT2D eigenvalue weighted by molar-refractivity contribution is 5.52. The van der Waals surface area contributed by atoms with Crippen molar-refractivity contribution in [2.45, 2.75) is 6.92 Å². The van der Waals surface area contributed by atoms with E-state index in [0.717, 1.165) is 17.0 Å². The molecule has 0 spiro atoms. The van der Waals surface area contributed by atoms with Crippen LogP contribution >= 0.6 is 0 Å². The molecule has 1 aromatic carbocycles. The lowest BCUT2D eigenvalue weighted by atomic mass is 10.2. The van der Waals surface area contributed by atoms with Gasteiger partial charge in [-0.15, -0.1) is 5.73 Å². The lowest BCUT2D eigenvalue weighted by molar-refractivity contribution is 1.46. The van der Waals surface area contributed by atoms with Gasteiger partial charge in [0.15, 0.2) is 0 Å². The van der Waals surface area contributed by atoms with Crippen molar-refractivity contribution in [1.82, 2.24) is 0 Å². The maximum atomic E-state index is 3.33. The number of hydrogen-bond donors (Lipinski definition) is 1. The standard InChI is InChI=1S/C14H13N/c1-12-6-5-9-14(11-10-12)15-13-7-3-2-4-8-13/h2-5,7-11,15H,1H3. The second-order valence-electron chi connectivity index (χ2n) is 3.44. The van der Waals surface area contributed by atoms with Gasteiger partial charge in [0.25, 0.3) is 0 Å². The summed E-state index contributed by atoms with van der Waals surface area (Å²) in [6.45, 7) is 2.03. The second kappa shape index (κ2) is 4.50. The molecule has 0 amide bonds. The molecule has 0 atom stereocenters. The first kappa shape index (κ1) is 9.57. The monoisotopic (exact) mass is 195 g/mol. The summed E-state index contributed by atoms with van der Waals surface area (Å²) in [5.74, 6) is 0. The van der Waals surface area contributed by atoms with Gasteiger partial charge in [-0.1, -0.05) is 18.2 Å². The summed E-state index contributed by atoms with van der Waals surface area (Å²) in [5.41, 5.74) is 6.46. The number of allylic oxidation sites excluding steroid dienone is 4. The summed E-state index contributed by atoms with van der Waals surface area (Å²) in [7, 11) is 0. The van der Waals surface area contributed by atoms with Gasteiger partial charge in [-0.2, -0.15) is 0 Å². The number of anilines is 1. The van der Waals surface area contributed by atoms with Crippen LogP contribution in [0.4, 0.5) is 5.69 Å². The number of benzene rings is 1. The maximum Gasteiger partial charge on any atom is 0.0390 e. The first-order valence-corrected chi connectivity index (χ1v) is 4.98. The Balaban J connectivity index is 2.13. The summed E-state index contributed by atoms with van der Waals surface area (Å²) in [6, 6.07) is 10.1. The van der Waals surface area contributed by atoms with Crippen molar-refractivity contribution in [3.63, 3.8) is 0 Å². The second-order valence-corrected chi connectivity index (χ2v) is 3.44.